The minimum atomic E-state index is -3.82. The zero-order chi connectivity index (χ0) is 22.2. The fraction of sp³-hybridized carbons (Fsp3) is 0.600. The normalized spacial score (nSPS) is 13.7. The van der Waals surface area contributed by atoms with Gasteiger partial charge in [0.25, 0.3) is 0 Å². The standard InChI is InChI=1S/C15H27N7O5S2/c1-18(2)8-7-15(23,13-9-21(11-16-13)28(24,25)19(3)4)14-10-22(12-17-14)29(26,27)20(5)6/h9-12,23H,7-8H2,1-6H3. The molecular weight excluding hydrogens is 422 g/mol. The zero-order valence-electron chi connectivity index (χ0n) is 17.3. The Kier molecular flexibility index (Phi) is 6.56. The molecule has 0 amide bonds. The predicted molar refractivity (Wildman–Crippen MR) is 107 cm³/mol. The van der Waals surface area contributed by atoms with Crippen molar-refractivity contribution in [3.63, 3.8) is 0 Å². The molecule has 12 nitrogen and oxygen atoms in total. The molecule has 0 fully saturated rings. The van der Waals surface area contributed by atoms with Crippen LogP contribution < -0.4 is 0 Å². The summed E-state index contributed by atoms with van der Waals surface area (Å²) in [4.78, 5) is 9.98. The number of rotatable bonds is 9. The fourth-order valence-electron chi connectivity index (χ4n) is 2.44. The summed E-state index contributed by atoms with van der Waals surface area (Å²) in [5.74, 6) is 0. The molecule has 0 saturated carbocycles. The Morgan fingerprint density at radius 1 is 0.862 bits per heavy atom. The van der Waals surface area contributed by atoms with Crippen LogP contribution in [0.3, 0.4) is 0 Å². The van der Waals surface area contributed by atoms with Crippen LogP contribution in [0.5, 0.6) is 0 Å². The highest BCUT2D eigenvalue weighted by Gasteiger charge is 2.38. The van der Waals surface area contributed by atoms with Gasteiger partial charge in [0.05, 0.1) is 11.4 Å². The van der Waals surface area contributed by atoms with Crippen molar-refractivity contribution in [1.82, 2.24) is 31.4 Å². The molecule has 0 aliphatic carbocycles. The molecule has 0 spiro atoms. The molecule has 2 aromatic rings. The Morgan fingerprint density at radius 3 is 1.55 bits per heavy atom. The summed E-state index contributed by atoms with van der Waals surface area (Å²) in [5, 5.41) is 11.4. The van der Waals surface area contributed by atoms with E-state index >= 15 is 0 Å². The average Bonchev–Trinajstić information content (AvgIpc) is 3.29. The molecule has 29 heavy (non-hydrogen) atoms. The highest BCUT2D eigenvalue weighted by atomic mass is 32.2. The first-order valence-corrected chi connectivity index (χ1v) is 11.3. The lowest BCUT2D eigenvalue weighted by Crippen LogP contribution is -2.33. The SMILES string of the molecule is CN(C)CCC(O)(c1cn(S(=O)(=O)N(C)C)cn1)c1cn(S(=O)(=O)N(C)C)cn1. The number of hydrogen-bond acceptors (Lipinski definition) is 8. The van der Waals surface area contributed by atoms with Crippen LogP contribution in [0.4, 0.5) is 0 Å². The van der Waals surface area contributed by atoms with Crippen molar-refractivity contribution in [3.8, 4) is 0 Å². The van der Waals surface area contributed by atoms with Crippen LogP contribution in [0.2, 0.25) is 0 Å². The average molecular weight is 450 g/mol. The molecule has 0 aliphatic heterocycles. The Bertz CT molecular complexity index is 978. The van der Waals surface area contributed by atoms with Crippen LogP contribution in [-0.2, 0) is 26.0 Å². The molecule has 0 aromatic carbocycles. The molecule has 0 saturated heterocycles. The maximum Gasteiger partial charge on any atom is 0.308 e. The van der Waals surface area contributed by atoms with Crippen LogP contribution in [0, 0.1) is 0 Å². The number of aliphatic hydroxyl groups is 1. The topological polar surface area (TPSA) is 134 Å². The lowest BCUT2D eigenvalue weighted by atomic mass is 9.92. The summed E-state index contributed by atoms with van der Waals surface area (Å²) < 4.78 is 53.1. The van der Waals surface area contributed by atoms with Crippen molar-refractivity contribution < 1.29 is 21.9 Å². The van der Waals surface area contributed by atoms with Crippen molar-refractivity contribution in [3.05, 3.63) is 36.4 Å². The molecule has 0 bridgehead atoms. The second-order valence-corrected chi connectivity index (χ2v) is 11.3. The molecule has 0 unspecified atom stereocenters. The molecule has 0 atom stereocenters. The van der Waals surface area contributed by atoms with E-state index in [9.17, 15) is 21.9 Å². The van der Waals surface area contributed by atoms with E-state index in [0.717, 1.165) is 29.2 Å². The Balaban J connectivity index is 2.56. The van der Waals surface area contributed by atoms with Gasteiger partial charge in [0.2, 0.25) is 0 Å². The molecule has 0 radical (unpaired) electrons. The molecule has 164 valence electrons. The third-order valence-electron chi connectivity index (χ3n) is 4.34. The first kappa shape index (κ1) is 23.4. The molecule has 2 aromatic heterocycles. The predicted octanol–water partition coefficient (Wildman–Crippen LogP) is -1.42. The van der Waals surface area contributed by atoms with Crippen LogP contribution in [0.1, 0.15) is 17.8 Å². The van der Waals surface area contributed by atoms with Crippen molar-refractivity contribution in [2.24, 2.45) is 0 Å². The van der Waals surface area contributed by atoms with Crippen LogP contribution in [0.25, 0.3) is 0 Å². The number of hydrogen-bond donors (Lipinski definition) is 1. The number of aromatic nitrogens is 4. The lowest BCUT2D eigenvalue weighted by molar-refractivity contribution is 0.0550. The first-order valence-electron chi connectivity index (χ1n) is 8.55. The summed E-state index contributed by atoms with van der Waals surface area (Å²) in [5.41, 5.74) is -1.72. The monoisotopic (exact) mass is 449 g/mol. The summed E-state index contributed by atoms with van der Waals surface area (Å²) in [6.45, 7) is 0.414. The highest BCUT2D eigenvalue weighted by molar-refractivity contribution is 7.87. The van der Waals surface area contributed by atoms with Gasteiger partial charge in [0, 0.05) is 53.5 Å². The number of nitrogens with zero attached hydrogens (tertiary/aromatic N) is 7. The van der Waals surface area contributed by atoms with Crippen LogP contribution in [-0.4, -0.2) is 102 Å². The Hall–Kier alpha value is -1.84. The summed E-state index contributed by atoms with van der Waals surface area (Å²) in [6.07, 6.45) is 4.67. The molecule has 1 N–H and O–H groups in total. The zero-order valence-corrected chi connectivity index (χ0v) is 18.9. The van der Waals surface area contributed by atoms with Gasteiger partial charge < -0.3 is 10.0 Å². The Labute approximate surface area is 171 Å². The minimum Gasteiger partial charge on any atom is -0.377 e. The fourth-order valence-corrected chi connectivity index (χ4v) is 3.99. The van der Waals surface area contributed by atoms with Crippen molar-refractivity contribution in [2.75, 3.05) is 48.8 Å². The summed E-state index contributed by atoms with van der Waals surface area (Å²) in [6, 6.07) is 0. The van der Waals surface area contributed by atoms with E-state index in [0.29, 0.717) is 6.54 Å². The molecule has 2 heterocycles. The highest BCUT2D eigenvalue weighted by Crippen LogP contribution is 2.31. The maximum atomic E-state index is 12.3. The van der Waals surface area contributed by atoms with E-state index < -0.39 is 26.0 Å². The maximum absolute atomic E-state index is 12.3. The second kappa shape index (κ2) is 8.12. The molecule has 14 heteroatoms. The van der Waals surface area contributed by atoms with Crippen molar-refractivity contribution in [1.29, 1.82) is 0 Å². The summed E-state index contributed by atoms with van der Waals surface area (Å²) >= 11 is 0. The van der Waals surface area contributed by atoms with E-state index in [2.05, 4.69) is 9.97 Å². The second-order valence-electron chi connectivity index (χ2n) is 7.17. The molecule has 2 rings (SSSR count). The third-order valence-corrected chi connectivity index (χ3v) is 7.66. The van der Waals surface area contributed by atoms with Crippen molar-refractivity contribution in [2.45, 2.75) is 12.0 Å². The third kappa shape index (κ3) is 4.51. The number of imidazole rings is 2. The summed E-state index contributed by atoms with van der Waals surface area (Å²) in [7, 11) is 1.48. The lowest BCUT2D eigenvalue weighted by Gasteiger charge is -2.26. The van der Waals surface area contributed by atoms with E-state index in [-0.39, 0.29) is 17.8 Å². The van der Waals surface area contributed by atoms with Crippen LogP contribution in [0.15, 0.2) is 25.0 Å². The minimum absolute atomic E-state index is 0.0391. The smallest absolute Gasteiger partial charge is 0.308 e. The van der Waals surface area contributed by atoms with Gasteiger partial charge >= 0.3 is 20.4 Å². The van der Waals surface area contributed by atoms with Gasteiger partial charge in [-0.2, -0.15) is 25.4 Å². The van der Waals surface area contributed by atoms with Gasteiger partial charge in [-0.15, -0.1) is 0 Å². The van der Waals surface area contributed by atoms with Gasteiger partial charge in [-0.3, -0.25) is 0 Å². The van der Waals surface area contributed by atoms with Gasteiger partial charge in [0.1, 0.15) is 12.7 Å². The van der Waals surface area contributed by atoms with Gasteiger partial charge in [-0.25, -0.2) is 17.9 Å². The molecular formula is C15H27N7O5S2. The quantitative estimate of drug-likeness (QED) is 0.493. The van der Waals surface area contributed by atoms with E-state index in [1.807, 2.05) is 19.0 Å². The Morgan fingerprint density at radius 2 is 1.24 bits per heavy atom. The molecule has 0 aliphatic rings. The van der Waals surface area contributed by atoms with Gasteiger partial charge in [-0.05, 0) is 14.1 Å². The van der Waals surface area contributed by atoms with Crippen molar-refractivity contribution >= 4 is 20.4 Å². The van der Waals surface area contributed by atoms with Crippen LogP contribution >= 0.6 is 0 Å². The van der Waals surface area contributed by atoms with E-state index in [1.54, 1.807) is 0 Å². The van der Waals surface area contributed by atoms with Gasteiger partial charge in [0.15, 0.2) is 5.60 Å². The van der Waals surface area contributed by atoms with E-state index in [1.165, 1.54) is 40.6 Å². The van der Waals surface area contributed by atoms with E-state index in [4.69, 9.17) is 0 Å². The first-order chi connectivity index (χ1) is 13.2. The largest absolute Gasteiger partial charge is 0.377 e. The van der Waals surface area contributed by atoms with Gasteiger partial charge in [-0.1, -0.05) is 0 Å².